The van der Waals surface area contributed by atoms with E-state index in [4.69, 9.17) is 5.73 Å². The first-order valence-corrected chi connectivity index (χ1v) is 6.92. The number of nitrogens with zero attached hydrogens (tertiary/aromatic N) is 2. The molecule has 1 aromatic carbocycles. The summed E-state index contributed by atoms with van der Waals surface area (Å²) in [6.45, 7) is 4.87. The molecule has 1 unspecified atom stereocenters. The fourth-order valence-electron chi connectivity index (χ4n) is 1.85. The van der Waals surface area contributed by atoms with Gasteiger partial charge in [0, 0.05) is 24.2 Å². The van der Waals surface area contributed by atoms with Crippen LogP contribution < -0.4 is 10.6 Å². The van der Waals surface area contributed by atoms with Crippen molar-refractivity contribution in [2.75, 3.05) is 11.9 Å². The third kappa shape index (κ3) is 3.09. The molecule has 0 aliphatic rings. The number of nitrogens with two attached hydrogens (primary N) is 1. The zero-order valence-electron chi connectivity index (χ0n) is 11.1. The van der Waals surface area contributed by atoms with E-state index in [0.29, 0.717) is 0 Å². The van der Waals surface area contributed by atoms with Crippen molar-refractivity contribution in [3.05, 3.63) is 45.9 Å². The molecule has 0 radical (unpaired) electrons. The molecule has 96 valence electrons. The van der Waals surface area contributed by atoms with Crippen LogP contribution >= 0.6 is 11.3 Å². The minimum atomic E-state index is 0.0885. The van der Waals surface area contributed by atoms with Gasteiger partial charge in [0.2, 0.25) is 0 Å². The third-order valence-electron chi connectivity index (χ3n) is 2.93. The molecule has 0 saturated carbocycles. The minimum absolute atomic E-state index is 0.0885. The molecule has 3 nitrogen and oxygen atoms in total. The van der Waals surface area contributed by atoms with Crippen LogP contribution in [0.2, 0.25) is 0 Å². The molecule has 2 aromatic rings. The van der Waals surface area contributed by atoms with Crippen LogP contribution in [-0.2, 0) is 6.54 Å². The Bertz CT molecular complexity index is 502. The highest BCUT2D eigenvalue weighted by Crippen LogP contribution is 2.19. The summed E-state index contributed by atoms with van der Waals surface area (Å²) in [4.78, 5) is 6.67. The molecule has 4 heteroatoms. The van der Waals surface area contributed by atoms with Crippen molar-refractivity contribution < 1.29 is 0 Å². The van der Waals surface area contributed by atoms with E-state index in [0.717, 1.165) is 22.8 Å². The molecule has 0 amide bonds. The molecule has 2 rings (SSSR count). The third-order valence-corrected chi connectivity index (χ3v) is 3.75. The molecular formula is C14H19N3S. The van der Waals surface area contributed by atoms with Crippen LogP contribution in [0.4, 0.5) is 5.69 Å². The highest BCUT2D eigenvalue weighted by atomic mass is 32.1. The van der Waals surface area contributed by atoms with E-state index >= 15 is 0 Å². The number of aromatic nitrogens is 1. The van der Waals surface area contributed by atoms with Gasteiger partial charge in [0.1, 0.15) is 0 Å². The molecule has 2 N–H and O–H groups in total. The van der Waals surface area contributed by atoms with E-state index in [1.165, 1.54) is 5.69 Å². The fourth-order valence-corrected chi connectivity index (χ4v) is 2.45. The van der Waals surface area contributed by atoms with Crippen molar-refractivity contribution in [1.82, 2.24) is 4.98 Å². The molecule has 0 spiro atoms. The average molecular weight is 261 g/mol. The van der Waals surface area contributed by atoms with Crippen LogP contribution in [-0.4, -0.2) is 12.0 Å². The number of thiazole rings is 1. The zero-order valence-corrected chi connectivity index (χ0v) is 11.9. The van der Waals surface area contributed by atoms with Crippen molar-refractivity contribution in [3.63, 3.8) is 0 Å². The topological polar surface area (TPSA) is 42.2 Å². The Morgan fingerprint density at radius 1 is 1.33 bits per heavy atom. The summed E-state index contributed by atoms with van der Waals surface area (Å²) in [6.07, 6.45) is 0. The molecular weight excluding hydrogens is 242 g/mol. The van der Waals surface area contributed by atoms with E-state index in [1.54, 1.807) is 11.3 Å². The van der Waals surface area contributed by atoms with Gasteiger partial charge in [-0.05, 0) is 31.5 Å². The van der Waals surface area contributed by atoms with Gasteiger partial charge in [0.15, 0.2) is 0 Å². The SMILES string of the molecule is Cc1nc(CN(C)c2ccc(C(C)N)cc2)cs1. The second kappa shape index (κ2) is 5.50. The normalized spacial score (nSPS) is 12.4. The van der Waals surface area contributed by atoms with Gasteiger partial charge in [-0.15, -0.1) is 11.3 Å². The number of aryl methyl sites for hydroxylation is 1. The van der Waals surface area contributed by atoms with Crippen molar-refractivity contribution in [1.29, 1.82) is 0 Å². The van der Waals surface area contributed by atoms with E-state index in [1.807, 2.05) is 13.8 Å². The highest BCUT2D eigenvalue weighted by Gasteiger charge is 2.05. The predicted octanol–water partition coefficient (Wildman–Crippen LogP) is 3.11. The molecule has 0 aliphatic carbocycles. The Morgan fingerprint density at radius 2 is 2.00 bits per heavy atom. The van der Waals surface area contributed by atoms with Gasteiger partial charge in [-0.1, -0.05) is 12.1 Å². The van der Waals surface area contributed by atoms with Gasteiger partial charge < -0.3 is 10.6 Å². The van der Waals surface area contributed by atoms with Crippen LogP contribution in [0.15, 0.2) is 29.6 Å². The summed E-state index contributed by atoms with van der Waals surface area (Å²) in [5.74, 6) is 0. The van der Waals surface area contributed by atoms with E-state index in [9.17, 15) is 0 Å². The Labute approximate surface area is 112 Å². The van der Waals surface area contributed by atoms with E-state index in [2.05, 4.69) is 46.6 Å². The lowest BCUT2D eigenvalue weighted by molar-refractivity contribution is 0.816. The van der Waals surface area contributed by atoms with Crippen LogP contribution in [0.25, 0.3) is 0 Å². The summed E-state index contributed by atoms with van der Waals surface area (Å²) >= 11 is 1.69. The maximum Gasteiger partial charge on any atom is 0.0898 e. The molecule has 0 saturated heterocycles. The van der Waals surface area contributed by atoms with Crippen molar-refractivity contribution >= 4 is 17.0 Å². The van der Waals surface area contributed by atoms with E-state index in [-0.39, 0.29) is 6.04 Å². The lowest BCUT2D eigenvalue weighted by Gasteiger charge is -2.18. The summed E-state index contributed by atoms with van der Waals surface area (Å²) in [7, 11) is 2.08. The quantitative estimate of drug-likeness (QED) is 0.919. The van der Waals surface area contributed by atoms with Gasteiger partial charge in [0.05, 0.1) is 17.2 Å². The number of benzene rings is 1. The first kappa shape index (κ1) is 13.1. The maximum atomic E-state index is 5.84. The van der Waals surface area contributed by atoms with Crippen molar-refractivity contribution in [3.8, 4) is 0 Å². The van der Waals surface area contributed by atoms with Crippen LogP contribution in [0.5, 0.6) is 0 Å². The average Bonchev–Trinajstić information content (AvgIpc) is 2.75. The van der Waals surface area contributed by atoms with Gasteiger partial charge in [0.25, 0.3) is 0 Å². The summed E-state index contributed by atoms with van der Waals surface area (Å²) in [5, 5.41) is 3.23. The number of hydrogen-bond donors (Lipinski definition) is 1. The Morgan fingerprint density at radius 3 is 2.50 bits per heavy atom. The van der Waals surface area contributed by atoms with Crippen LogP contribution in [0.1, 0.15) is 29.2 Å². The first-order valence-electron chi connectivity index (χ1n) is 6.04. The van der Waals surface area contributed by atoms with Crippen molar-refractivity contribution in [2.24, 2.45) is 5.73 Å². The van der Waals surface area contributed by atoms with Gasteiger partial charge in [-0.2, -0.15) is 0 Å². The molecule has 1 heterocycles. The summed E-state index contributed by atoms with van der Waals surface area (Å²) in [6, 6.07) is 8.48. The first-order chi connectivity index (χ1) is 8.56. The second-order valence-electron chi connectivity index (χ2n) is 4.59. The van der Waals surface area contributed by atoms with E-state index < -0.39 is 0 Å². The number of hydrogen-bond acceptors (Lipinski definition) is 4. The van der Waals surface area contributed by atoms with Gasteiger partial charge >= 0.3 is 0 Å². The maximum absolute atomic E-state index is 5.84. The molecule has 18 heavy (non-hydrogen) atoms. The Hall–Kier alpha value is -1.39. The molecule has 1 aromatic heterocycles. The van der Waals surface area contributed by atoms with Gasteiger partial charge in [-0.3, -0.25) is 0 Å². The van der Waals surface area contributed by atoms with Crippen molar-refractivity contribution in [2.45, 2.75) is 26.4 Å². The molecule has 0 fully saturated rings. The lowest BCUT2D eigenvalue weighted by Crippen LogP contribution is -2.16. The summed E-state index contributed by atoms with van der Waals surface area (Å²) in [5.41, 5.74) is 9.31. The smallest absolute Gasteiger partial charge is 0.0898 e. The molecule has 1 atom stereocenters. The standard InChI is InChI=1S/C14H19N3S/c1-10(15)12-4-6-14(7-5-12)17(3)8-13-9-18-11(2)16-13/h4-7,9-10H,8,15H2,1-3H3. The number of rotatable bonds is 4. The lowest BCUT2D eigenvalue weighted by atomic mass is 10.1. The highest BCUT2D eigenvalue weighted by molar-refractivity contribution is 7.09. The van der Waals surface area contributed by atoms with Crippen LogP contribution in [0, 0.1) is 6.92 Å². The predicted molar refractivity (Wildman–Crippen MR) is 78.0 cm³/mol. The van der Waals surface area contributed by atoms with Gasteiger partial charge in [-0.25, -0.2) is 4.98 Å². The second-order valence-corrected chi connectivity index (χ2v) is 5.66. The molecule has 0 bridgehead atoms. The zero-order chi connectivity index (χ0) is 13.1. The summed E-state index contributed by atoms with van der Waals surface area (Å²) < 4.78 is 0. The largest absolute Gasteiger partial charge is 0.369 e. The van der Waals surface area contributed by atoms with Crippen LogP contribution in [0.3, 0.4) is 0 Å². The molecule has 0 aliphatic heterocycles. The monoisotopic (exact) mass is 261 g/mol. The minimum Gasteiger partial charge on any atom is -0.369 e. The Balaban J connectivity index is 2.06. The Kier molecular flexibility index (Phi) is 3.99. The fraction of sp³-hybridized carbons (Fsp3) is 0.357. The number of anilines is 1.